The van der Waals surface area contributed by atoms with Gasteiger partial charge in [0.2, 0.25) is 0 Å². The molecular formula is C39H62N2O6. The molecule has 2 aliphatic carbocycles. The zero-order chi connectivity index (χ0) is 33.0. The van der Waals surface area contributed by atoms with E-state index in [0.29, 0.717) is 25.4 Å². The molecule has 0 radical (unpaired) electrons. The first-order chi connectivity index (χ1) is 22.4. The molecule has 1 unspecified atom stereocenters. The Bertz CT molecular complexity index is 1250. The van der Waals surface area contributed by atoms with Crippen molar-refractivity contribution in [1.82, 2.24) is 9.97 Å². The molecule has 0 N–H and O–H groups in total. The molecular weight excluding hydrogens is 592 g/mol. The van der Waals surface area contributed by atoms with Crippen LogP contribution in [0.25, 0.3) is 0 Å². The van der Waals surface area contributed by atoms with E-state index in [1.165, 1.54) is 86.6 Å². The van der Waals surface area contributed by atoms with Gasteiger partial charge in [-0.15, -0.1) is 0 Å². The zero-order valence-electron chi connectivity index (χ0n) is 28.7. The fraction of sp³-hybridized carbons (Fsp3) is 0.641. The second kappa shape index (κ2) is 23.3. The smallest absolute Gasteiger partial charge is 0.333 e. The number of ether oxygens (including phenoxy) is 4. The van der Waals surface area contributed by atoms with Crippen LogP contribution in [0.15, 0.2) is 35.9 Å². The molecule has 0 fully saturated rings. The molecule has 2 aromatic heterocycles. The molecule has 0 saturated carbocycles. The molecule has 1 atom stereocenters. The van der Waals surface area contributed by atoms with Crippen molar-refractivity contribution in [3.05, 3.63) is 69.8 Å². The number of hydrogen-bond acceptors (Lipinski definition) is 8. The maximum atomic E-state index is 11.3. The van der Waals surface area contributed by atoms with Crippen LogP contribution in [0, 0.1) is 5.92 Å². The average Bonchev–Trinajstić information content (AvgIpc) is 3.09. The zero-order valence-corrected chi connectivity index (χ0v) is 28.7. The predicted octanol–water partition coefficient (Wildman–Crippen LogP) is 7.80. The van der Waals surface area contributed by atoms with Gasteiger partial charge in [-0.25, -0.2) is 4.79 Å². The van der Waals surface area contributed by atoms with Crippen molar-refractivity contribution in [2.75, 3.05) is 40.6 Å². The lowest BCUT2D eigenvalue weighted by Gasteiger charge is -2.15. The number of methoxy groups -OCH3 is 2. The largest absolute Gasteiger partial charge is 0.469 e. The molecule has 0 saturated heterocycles. The van der Waals surface area contributed by atoms with Crippen LogP contribution >= 0.6 is 0 Å². The summed E-state index contributed by atoms with van der Waals surface area (Å²) in [7, 11) is 2.81. The summed E-state index contributed by atoms with van der Waals surface area (Å²) in [6, 6.07) is 8.88. The maximum Gasteiger partial charge on any atom is 0.333 e. The minimum Gasteiger partial charge on any atom is -0.469 e. The Hall–Kier alpha value is -3.10. The maximum absolute atomic E-state index is 11.3. The Morgan fingerprint density at radius 2 is 1.30 bits per heavy atom. The highest BCUT2D eigenvalue weighted by Gasteiger charge is 2.13. The topological polar surface area (TPSA) is 96.8 Å². The lowest BCUT2D eigenvalue weighted by Crippen LogP contribution is -2.15. The van der Waals surface area contributed by atoms with Crippen molar-refractivity contribution in [3.8, 4) is 0 Å². The van der Waals surface area contributed by atoms with Crippen molar-refractivity contribution in [3.63, 3.8) is 0 Å². The van der Waals surface area contributed by atoms with E-state index < -0.39 is 0 Å². The van der Waals surface area contributed by atoms with Gasteiger partial charge in [0, 0.05) is 49.6 Å². The number of esters is 2. The van der Waals surface area contributed by atoms with Gasteiger partial charge in [0.25, 0.3) is 0 Å². The van der Waals surface area contributed by atoms with Crippen LogP contribution in [0.5, 0.6) is 0 Å². The van der Waals surface area contributed by atoms with Crippen molar-refractivity contribution in [2.45, 2.75) is 118 Å². The number of rotatable bonds is 17. The Morgan fingerprint density at radius 1 is 0.766 bits per heavy atom. The van der Waals surface area contributed by atoms with Gasteiger partial charge in [-0.05, 0) is 133 Å². The lowest BCUT2D eigenvalue weighted by atomic mass is 9.95. The third-order valence-corrected chi connectivity index (χ3v) is 8.73. The van der Waals surface area contributed by atoms with Crippen LogP contribution in [0.3, 0.4) is 0 Å². The molecule has 47 heavy (non-hydrogen) atoms. The standard InChI is InChI=1S/C19H29NO3.C19H27NO3.CH4.H2/c2*1-15(19(21)22-2)12-14-23-13-6-5-8-17-11-10-16-7-3-4-9-18(16)20-17;;/h10-11,15H,3-9,12-14H2,1-2H3;10-12H,3-9,13-14H2,1-2H3;1H4;1H. The van der Waals surface area contributed by atoms with Crippen LogP contribution in [-0.4, -0.2) is 62.6 Å². The summed E-state index contributed by atoms with van der Waals surface area (Å²) in [6.45, 7) is 6.13. The van der Waals surface area contributed by atoms with E-state index in [1.807, 2.05) is 6.92 Å². The molecule has 8 nitrogen and oxygen atoms in total. The number of nitrogens with zero attached hydrogens (tertiary/aromatic N) is 2. The molecule has 4 rings (SSSR count). The van der Waals surface area contributed by atoms with Crippen LogP contribution < -0.4 is 0 Å². The first kappa shape index (κ1) is 40.1. The Kier molecular flexibility index (Phi) is 19.8. The molecule has 0 bridgehead atoms. The van der Waals surface area contributed by atoms with E-state index in [0.717, 1.165) is 64.4 Å². The molecule has 0 amide bonds. The van der Waals surface area contributed by atoms with Crippen LogP contribution in [0.4, 0.5) is 0 Å². The van der Waals surface area contributed by atoms with Gasteiger partial charge in [0.15, 0.2) is 0 Å². The third-order valence-electron chi connectivity index (χ3n) is 8.73. The summed E-state index contributed by atoms with van der Waals surface area (Å²) in [6.07, 6.45) is 18.5. The molecule has 0 spiro atoms. The van der Waals surface area contributed by atoms with Gasteiger partial charge in [-0.3, -0.25) is 14.8 Å². The molecule has 2 aliphatic rings. The number of aryl methyl sites for hydroxylation is 6. The van der Waals surface area contributed by atoms with E-state index >= 15 is 0 Å². The van der Waals surface area contributed by atoms with Crippen molar-refractivity contribution in [2.24, 2.45) is 5.92 Å². The molecule has 264 valence electrons. The minimum absolute atomic E-state index is 0. The summed E-state index contributed by atoms with van der Waals surface area (Å²) in [5.74, 6) is -0.543. The first-order valence-electron chi connectivity index (χ1n) is 17.3. The van der Waals surface area contributed by atoms with Crippen LogP contribution in [0.2, 0.25) is 0 Å². The Labute approximate surface area is 285 Å². The summed E-state index contributed by atoms with van der Waals surface area (Å²) in [5, 5.41) is 0. The van der Waals surface area contributed by atoms with Gasteiger partial charge in [0.1, 0.15) is 0 Å². The third kappa shape index (κ3) is 15.1. The van der Waals surface area contributed by atoms with E-state index in [1.54, 1.807) is 13.0 Å². The highest BCUT2D eigenvalue weighted by molar-refractivity contribution is 5.87. The fourth-order valence-corrected chi connectivity index (χ4v) is 5.75. The molecule has 8 heteroatoms. The van der Waals surface area contributed by atoms with Gasteiger partial charge in [0.05, 0.1) is 26.7 Å². The average molecular weight is 655 g/mol. The highest BCUT2D eigenvalue weighted by Crippen LogP contribution is 2.21. The SMILES string of the molecule is C.COC(=O)C(C)=CCOCCCCc1ccc2c(n1)CCCC2.COC(=O)C(C)CCOCCCCc1ccc2c(n1)CCCC2.[HH]. The van der Waals surface area contributed by atoms with E-state index in [-0.39, 0.29) is 26.7 Å². The normalized spacial score (nSPS) is 14.4. The first-order valence-corrected chi connectivity index (χ1v) is 17.3. The van der Waals surface area contributed by atoms with Crippen molar-refractivity contribution in [1.29, 1.82) is 0 Å². The number of carbonyl (C=O) groups excluding carboxylic acids is 2. The van der Waals surface area contributed by atoms with Gasteiger partial charge < -0.3 is 18.9 Å². The number of hydrogen-bond donors (Lipinski definition) is 0. The van der Waals surface area contributed by atoms with Crippen LogP contribution in [0.1, 0.15) is 114 Å². The Morgan fingerprint density at radius 3 is 1.83 bits per heavy atom. The van der Waals surface area contributed by atoms with Crippen LogP contribution in [-0.2, 0) is 67.1 Å². The monoisotopic (exact) mass is 654 g/mol. The second-order valence-electron chi connectivity index (χ2n) is 12.4. The summed E-state index contributed by atoms with van der Waals surface area (Å²) in [5.41, 5.74) is 8.53. The number of unbranched alkanes of at least 4 members (excludes halogenated alkanes) is 2. The summed E-state index contributed by atoms with van der Waals surface area (Å²) in [4.78, 5) is 32.0. The molecule has 2 heterocycles. The Balaban J connectivity index is 0.000000461. The summed E-state index contributed by atoms with van der Waals surface area (Å²) < 4.78 is 20.4. The van der Waals surface area contributed by atoms with Gasteiger partial charge in [-0.2, -0.15) is 0 Å². The molecule has 0 aromatic carbocycles. The molecule has 2 aromatic rings. The number of pyridine rings is 2. The number of carbonyl (C=O) groups is 2. The van der Waals surface area contributed by atoms with Crippen molar-refractivity contribution >= 4 is 11.9 Å². The molecule has 0 aliphatic heterocycles. The fourth-order valence-electron chi connectivity index (χ4n) is 5.75. The van der Waals surface area contributed by atoms with E-state index in [4.69, 9.17) is 24.2 Å². The van der Waals surface area contributed by atoms with Gasteiger partial charge >= 0.3 is 11.9 Å². The quantitative estimate of drug-likeness (QED) is 0.0969. The minimum atomic E-state index is -0.299. The van der Waals surface area contributed by atoms with Gasteiger partial charge in [-0.1, -0.05) is 26.5 Å². The lowest BCUT2D eigenvalue weighted by molar-refractivity contribution is -0.145. The second-order valence-corrected chi connectivity index (χ2v) is 12.4. The highest BCUT2D eigenvalue weighted by atomic mass is 16.5. The number of fused-ring (bicyclic) bond motifs is 2. The predicted molar refractivity (Wildman–Crippen MR) is 190 cm³/mol. The summed E-state index contributed by atoms with van der Waals surface area (Å²) >= 11 is 0. The van der Waals surface area contributed by atoms with Crippen molar-refractivity contribution < 1.29 is 30.0 Å². The van der Waals surface area contributed by atoms with E-state index in [2.05, 4.69) is 29.0 Å². The van der Waals surface area contributed by atoms with E-state index in [9.17, 15) is 9.59 Å². The number of aromatic nitrogens is 2.